The summed E-state index contributed by atoms with van der Waals surface area (Å²) in [6.45, 7) is 3.23. The van der Waals surface area contributed by atoms with Gasteiger partial charge in [-0.1, -0.05) is 30.9 Å². The van der Waals surface area contributed by atoms with E-state index < -0.39 is 0 Å². The molecule has 1 aromatic rings. The van der Waals surface area contributed by atoms with Crippen LogP contribution < -0.4 is 9.64 Å². The number of nitrogens with zero attached hydrogens (tertiary/aromatic N) is 2. The van der Waals surface area contributed by atoms with Crippen molar-refractivity contribution in [3.8, 4) is 5.75 Å². The van der Waals surface area contributed by atoms with Gasteiger partial charge in [-0.3, -0.25) is 9.69 Å². The number of hydrogen-bond donors (Lipinski definition) is 0. The van der Waals surface area contributed by atoms with Crippen molar-refractivity contribution in [2.75, 3.05) is 18.6 Å². The Labute approximate surface area is 152 Å². The number of thioether (sulfide) groups is 1. The fourth-order valence-corrected chi connectivity index (χ4v) is 4.49. The number of anilines is 1. The molecule has 0 aliphatic carbocycles. The Balaban J connectivity index is 1.81. The highest BCUT2D eigenvalue weighted by Gasteiger charge is 2.34. The molecule has 2 heterocycles. The number of rotatable bonds is 4. The molecule has 2 aliphatic heterocycles. The predicted octanol–water partition coefficient (Wildman–Crippen LogP) is 4.17. The first kappa shape index (κ1) is 17.3. The van der Waals surface area contributed by atoms with Crippen LogP contribution in [0.1, 0.15) is 32.6 Å². The van der Waals surface area contributed by atoms with Crippen LogP contribution in [0.5, 0.6) is 5.75 Å². The highest BCUT2D eigenvalue weighted by Crippen LogP contribution is 2.36. The van der Waals surface area contributed by atoms with Crippen LogP contribution in [0.25, 0.3) is 0 Å². The highest BCUT2D eigenvalue weighted by atomic mass is 32.2. The third-order valence-corrected chi connectivity index (χ3v) is 5.84. The third-order valence-electron chi connectivity index (χ3n) is 4.55. The van der Waals surface area contributed by atoms with Gasteiger partial charge in [0.1, 0.15) is 5.75 Å². The molecule has 2 aliphatic rings. The first-order chi connectivity index (χ1) is 11.6. The first-order valence-corrected chi connectivity index (χ1v) is 9.54. The molecule has 1 unspecified atom stereocenters. The second-order valence-corrected chi connectivity index (χ2v) is 7.67. The zero-order valence-corrected chi connectivity index (χ0v) is 15.7. The van der Waals surface area contributed by atoms with Gasteiger partial charge >= 0.3 is 0 Å². The smallest absolute Gasteiger partial charge is 0.272 e. The fraction of sp³-hybridized carbons (Fsp3) is 0.444. The van der Waals surface area contributed by atoms with Gasteiger partial charge in [0.05, 0.1) is 17.7 Å². The molecule has 2 saturated heterocycles. The average molecular weight is 363 g/mol. The van der Waals surface area contributed by atoms with Gasteiger partial charge in [-0.25, -0.2) is 0 Å². The van der Waals surface area contributed by atoms with Crippen LogP contribution in [0.3, 0.4) is 0 Å². The predicted molar refractivity (Wildman–Crippen MR) is 103 cm³/mol. The number of ether oxygens (including phenoxy) is 1. The molecule has 0 aromatic heterocycles. The van der Waals surface area contributed by atoms with Crippen molar-refractivity contribution in [1.82, 2.24) is 4.90 Å². The molecule has 1 atom stereocenters. The molecule has 2 fully saturated rings. The standard InChI is InChI=1S/C18H22N2O2S2/c1-3-13-6-4-5-11-19(13)12-16-17(21)20(18(23)24-16)14-7-9-15(22-2)10-8-14/h7-10,12-13H,3-6,11H2,1-2H3/b16-12-. The van der Waals surface area contributed by atoms with E-state index in [-0.39, 0.29) is 5.91 Å². The van der Waals surface area contributed by atoms with Crippen LogP contribution in [0.2, 0.25) is 0 Å². The van der Waals surface area contributed by atoms with Crippen molar-refractivity contribution in [3.05, 3.63) is 35.4 Å². The van der Waals surface area contributed by atoms with Gasteiger partial charge < -0.3 is 9.64 Å². The van der Waals surface area contributed by atoms with Crippen LogP contribution in [0.4, 0.5) is 5.69 Å². The number of carbonyl (C=O) groups is 1. The monoisotopic (exact) mass is 362 g/mol. The summed E-state index contributed by atoms with van der Waals surface area (Å²) in [5.74, 6) is 0.731. The normalized spacial score (nSPS) is 23.2. The number of hydrogen-bond acceptors (Lipinski definition) is 5. The zero-order valence-electron chi connectivity index (χ0n) is 14.0. The van der Waals surface area contributed by atoms with Gasteiger partial charge in [0.25, 0.3) is 5.91 Å². The molecule has 0 N–H and O–H groups in total. The molecule has 3 rings (SSSR count). The number of amides is 1. The van der Waals surface area contributed by atoms with Gasteiger partial charge in [-0.05, 0) is 49.9 Å². The highest BCUT2D eigenvalue weighted by molar-refractivity contribution is 8.27. The number of carbonyl (C=O) groups excluding carboxylic acids is 1. The van der Waals surface area contributed by atoms with E-state index in [1.807, 2.05) is 30.5 Å². The van der Waals surface area contributed by atoms with E-state index in [2.05, 4.69) is 11.8 Å². The maximum absolute atomic E-state index is 12.8. The largest absolute Gasteiger partial charge is 0.497 e. The Hall–Kier alpha value is -1.53. The molecule has 128 valence electrons. The Morgan fingerprint density at radius 2 is 2.08 bits per heavy atom. The second-order valence-electron chi connectivity index (χ2n) is 6.00. The van der Waals surface area contributed by atoms with E-state index in [1.54, 1.807) is 12.0 Å². The summed E-state index contributed by atoms with van der Waals surface area (Å²) in [7, 11) is 1.63. The zero-order chi connectivity index (χ0) is 17.1. The summed E-state index contributed by atoms with van der Waals surface area (Å²) < 4.78 is 5.76. The molecule has 1 amide bonds. The topological polar surface area (TPSA) is 32.8 Å². The van der Waals surface area contributed by atoms with Crippen LogP contribution in [0, 0.1) is 0 Å². The lowest BCUT2D eigenvalue weighted by atomic mass is 10.0. The van der Waals surface area contributed by atoms with E-state index in [0.717, 1.165) is 29.3 Å². The summed E-state index contributed by atoms with van der Waals surface area (Å²) in [6, 6.07) is 7.94. The van der Waals surface area contributed by atoms with Crippen LogP contribution in [0.15, 0.2) is 35.4 Å². The number of thiocarbonyl (C=S) groups is 1. The van der Waals surface area contributed by atoms with E-state index in [9.17, 15) is 4.79 Å². The third kappa shape index (κ3) is 3.44. The Kier molecular flexibility index (Phi) is 5.46. The van der Waals surface area contributed by atoms with Crippen molar-refractivity contribution in [2.24, 2.45) is 0 Å². The quantitative estimate of drug-likeness (QED) is 0.593. The minimum Gasteiger partial charge on any atom is -0.497 e. The number of piperidine rings is 1. The van der Waals surface area contributed by atoms with Gasteiger partial charge in [0.15, 0.2) is 4.32 Å². The summed E-state index contributed by atoms with van der Waals surface area (Å²) in [6.07, 6.45) is 6.79. The minimum absolute atomic E-state index is 0.0319. The second kappa shape index (κ2) is 7.57. The molecule has 4 nitrogen and oxygen atoms in total. The van der Waals surface area contributed by atoms with Crippen molar-refractivity contribution in [1.29, 1.82) is 0 Å². The fourth-order valence-electron chi connectivity index (χ4n) is 3.19. The molecule has 0 spiro atoms. The molecular weight excluding hydrogens is 340 g/mol. The maximum atomic E-state index is 12.8. The summed E-state index contributed by atoms with van der Waals surface area (Å²) >= 11 is 6.83. The van der Waals surface area contributed by atoms with Crippen molar-refractivity contribution < 1.29 is 9.53 Å². The summed E-state index contributed by atoms with van der Waals surface area (Å²) in [4.78, 5) is 17.5. The van der Waals surface area contributed by atoms with E-state index >= 15 is 0 Å². The van der Waals surface area contributed by atoms with Gasteiger partial charge in [0.2, 0.25) is 0 Å². The average Bonchev–Trinajstić information content (AvgIpc) is 2.89. The minimum atomic E-state index is -0.0319. The van der Waals surface area contributed by atoms with Crippen LogP contribution >= 0.6 is 24.0 Å². The van der Waals surface area contributed by atoms with Crippen molar-refractivity contribution >= 4 is 39.9 Å². The summed E-state index contributed by atoms with van der Waals surface area (Å²) in [5.41, 5.74) is 0.785. The maximum Gasteiger partial charge on any atom is 0.272 e. The van der Waals surface area contributed by atoms with Gasteiger partial charge in [0, 0.05) is 18.8 Å². The van der Waals surface area contributed by atoms with Gasteiger partial charge in [-0.15, -0.1) is 0 Å². The number of benzene rings is 1. The molecule has 0 saturated carbocycles. The van der Waals surface area contributed by atoms with E-state index in [0.29, 0.717) is 10.4 Å². The molecule has 24 heavy (non-hydrogen) atoms. The van der Waals surface area contributed by atoms with Crippen molar-refractivity contribution in [3.63, 3.8) is 0 Å². The van der Waals surface area contributed by atoms with Crippen LogP contribution in [-0.4, -0.2) is 34.8 Å². The molecule has 0 radical (unpaired) electrons. The molecular formula is C18H22N2O2S2. The number of likely N-dealkylation sites (tertiary alicyclic amines) is 1. The lowest BCUT2D eigenvalue weighted by Gasteiger charge is -2.34. The Morgan fingerprint density at radius 1 is 1.33 bits per heavy atom. The number of methoxy groups -OCH3 is 1. The van der Waals surface area contributed by atoms with Gasteiger partial charge in [-0.2, -0.15) is 0 Å². The Bertz CT molecular complexity index is 657. The lowest BCUT2D eigenvalue weighted by molar-refractivity contribution is -0.113. The summed E-state index contributed by atoms with van der Waals surface area (Å²) in [5, 5.41) is 0. The SMILES string of the molecule is CCC1CCCCN1/C=C1\SC(=S)N(c2ccc(OC)cc2)C1=O. The molecule has 0 bridgehead atoms. The molecule has 6 heteroatoms. The molecule has 1 aromatic carbocycles. The van der Waals surface area contributed by atoms with Crippen molar-refractivity contribution in [2.45, 2.75) is 38.6 Å². The lowest BCUT2D eigenvalue weighted by Crippen LogP contribution is -2.35. The Morgan fingerprint density at radius 3 is 2.75 bits per heavy atom. The first-order valence-electron chi connectivity index (χ1n) is 8.32. The van der Waals surface area contributed by atoms with Crippen LogP contribution in [-0.2, 0) is 4.79 Å². The van der Waals surface area contributed by atoms with E-state index in [1.165, 1.54) is 31.0 Å². The van der Waals surface area contributed by atoms with E-state index in [4.69, 9.17) is 17.0 Å².